The Balaban J connectivity index is 1.91. The molecule has 102 valence electrons. The second kappa shape index (κ2) is 6.15. The van der Waals surface area contributed by atoms with Gasteiger partial charge >= 0.3 is 5.97 Å². The van der Waals surface area contributed by atoms with Gasteiger partial charge in [-0.15, -0.1) is 0 Å². The molecule has 0 bridgehead atoms. The molecule has 0 spiro atoms. The zero-order valence-electron chi connectivity index (χ0n) is 10.3. The molecule has 2 fully saturated rings. The Morgan fingerprint density at radius 2 is 1.89 bits per heavy atom. The van der Waals surface area contributed by atoms with Crippen LogP contribution in [0.3, 0.4) is 0 Å². The van der Waals surface area contributed by atoms with Crippen LogP contribution in [0.15, 0.2) is 0 Å². The molecule has 0 radical (unpaired) electrons. The monoisotopic (exact) mass is 257 g/mol. The van der Waals surface area contributed by atoms with Gasteiger partial charge in [0.15, 0.2) is 6.04 Å². The second-order valence-electron chi connectivity index (χ2n) is 4.78. The molecule has 0 saturated carbocycles. The lowest BCUT2D eigenvalue weighted by Crippen LogP contribution is -2.53. The van der Waals surface area contributed by atoms with Gasteiger partial charge in [-0.25, -0.2) is 4.79 Å². The van der Waals surface area contributed by atoms with Crippen molar-refractivity contribution in [1.82, 2.24) is 4.90 Å². The third-order valence-corrected chi connectivity index (χ3v) is 3.54. The number of hydrogen-bond acceptors (Lipinski definition) is 4. The zero-order valence-corrected chi connectivity index (χ0v) is 10.3. The van der Waals surface area contributed by atoms with E-state index in [1.807, 2.05) is 0 Å². The van der Waals surface area contributed by atoms with Crippen molar-refractivity contribution < 1.29 is 24.2 Å². The zero-order chi connectivity index (χ0) is 13.0. The highest BCUT2D eigenvalue weighted by atomic mass is 16.5. The minimum absolute atomic E-state index is 0.0717. The molecular weight excluding hydrogens is 238 g/mol. The standard InChI is InChI=1S/C12H19NO5/c14-11(7-9-1-4-17-5-2-9)13-3-6-18-8-10(13)12(15)16/h9-10H,1-8H2,(H,15,16). The lowest BCUT2D eigenvalue weighted by molar-refractivity contribution is -0.159. The second-order valence-corrected chi connectivity index (χ2v) is 4.78. The van der Waals surface area contributed by atoms with Gasteiger partial charge in [0, 0.05) is 26.2 Å². The van der Waals surface area contributed by atoms with Crippen LogP contribution in [-0.2, 0) is 19.1 Å². The Morgan fingerprint density at radius 1 is 1.17 bits per heavy atom. The summed E-state index contributed by atoms with van der Waals surface area (Å²) in [5.74, 6) is -0.740. The largest absolute Gasteiger partial charge is 0.480 e. The van der Waals surface area contributed by atoms with Gasteiger partial charge in [-0.1, -0.05) is 0 Å². The summed E-state index contributed by atoms with van der Waals surface area (Å²) >= 11 is 0. The first kappa shape index (κ1) is 13.3. The van der Waals surface area contributed by atoms with Crippen LogP contribution in [0.1, 0.15) is 19.3 Å². The summed E-state index contributed by atoms with van der Waals surface area (Å²) < 4.78 is 10.4. The molecule has 2 heterocycles. The number of amides is 1. The van der Waals surface area contributed by atoms with Crippen LogP contribution in [0.5, 0.6) is 0 Å². The molecule has 0 aromatic heterocycles. The molecule has 0 aromatic rings. The van der Waals surface area contributed by atoms with E-state index >= 15 is 0 Å². The van der Waals surface area contributed by atoms with Crippen LogP contribution >= 0.6 is 0 Å². The maximum Gasteiger partial charge on any atom is 0.328 e. The van der Waals surface area contributed by atoms with Crippen molar-refractivity contribution in [3.63, 3.8) is 0 Å². The van der Waals surface area contributed by atoms with Crippen molar-refractivity contribution in [3.05, 3.63) is 0 Å². The quantitative estimate of drug-likeness (QED) is 0.777. The molecule has 18 heavy (non-hydrogen) atoms. The fraction of sp³-hybridized carbons (Fsp3) is 0.833. The molecule has 6 nitrogen and oxygen atoms in total. The maximum atomic E-state index is 12.1. The van der Waals surface area contributed by atoms with Crippen molar-refractivity contribution in [2.45, 2.75) is 25.3 Å². The summed E-state index contributed by atoms with van der Waals surface area (Å²) in [7, 11) is 0. The van der Waals surface area contributed by atoms with Crippen LogP contribution < -0.4 is 0 Å². The summed E-state index contributed by atoms with van der Waals surface area (Å²) in [6, 6.07) is -0.828. The average molecular weight is 257 g/mol. The van der Waals surface area contributed by atoms with E-state index < -0.39 is 12.0 Å². The normalized spacial score (nSPS) is 26.0. The highest BCUT2D eigenvalue weighted by Crippen LogP contribution is 2.21. The van der Waals surface area contributed by atoms with Gasteiger partial charge in [0.1, 0.15) is 0 Å². The van der Waals surface area contributed by atoms with Crippen molar-refractivity contribution >= 4 is 11.9 Å². The van der Waals surface area contributed by atoms with E-state index in [9.17, 15) is 9.59 Å². The molecule has 2 rings (SSSR count). The van der Waals surface area contributed by atoms with Gasteiger partial charge in [-0.2, -0.15) is 0 Å². The van der Waals surface area contributed by atoms with Gasteiger partial charge in [0.25, 0.3) is 0 Å². The van der Waals surface area contributed by atoms with Crippen molar-refractivity contribution in [3.8, 4) is 0 Å². The number of nitrogens with zero attached hydrogens (tertiary/aromatic N) is 1. The molecule has 1 amide bonds. The molecular formula is C12H19NO5. The van der Waals surface area contributed by atoms with Crippen LogP contribution in [0.4, 0.5) is 0 Å². The Morgan fingerprint density at radius 3 is 2.56 bits per heavy atom. The van der Waals surface area contributed by atoms with Gasteiger partial charge in [-0.3, -0.25) is 4.79 Å². The lowest BCUT2D eigenvalue weighted by atomic mass is 9.95. The smallest absolute Gasteiger partial charge is 0.328 e. The van der Waals surface area contributed by atoms with Crippen LogP contribution in [0.2, 0.25) is 0 Å². The number of carbonyl (C=O) groups is 2. The number of carboxylic acid groups (broad SMARTS) is 1. The van der Waals surface area contributed by atoms with E-state index in [2.05, 4.69) is 0 Å². The molecule has 2 aliphatic rings. The van der Waals surface area contributed by atoms with E-state index in [0.29, 0.717) is 38.7 Å². The molecule has 1 N–H and O–H groups in total. The summed E-state index contributed by atoms with van der Waals surface area (Å²) in [4.78, 5) is 24.7. The van der Waals surface area contributed by atoms with Crippen LogP contribution in [0.25, 0.3) is 0 Å². The molecule has 0 aromatic carbocycles. The molecule has 0 aliphatic carbocycles. The molecule has 2 aliphatic heterocycles. The highest BCUT2D eigenvalue weighted by Gasteiger charge is 2.33. The topological polar surface area (TPSA) is 76.1 Å². The van der Waals surface area contributed by atoms with Crippen molar-refractivity contribution in [2.75, 3.05) is 33.0 Å². The van der Waals surface area contributed by atoms with Gasteiger partial charge in [0.05, 0.1) is 13.2 Å². The Hall–Kier alpha value is -1.14. The number of carboxylic acids is 1. The number of ether oxygens (including phenoxy) is 2. The number of carbonyl (C=O) groups excluding carboxylic acids is 1. The molecule has 1 atom stereocenters. The first-order chi connectivity index (χ1) is 8.68. The first-order valence-electron chi connectivity index (χ1n) is 6.36. The van der Waals surface area contributed by atoms with Crippen molar-refractivity contribution in [2.24, 2.45) is 5.92 Å². The Bertz CT molecular complexity index is 314. The summed E-state index contributed by atoms with van der Waals surface area (Å²) in [5.41, 5.74) is 0. The molecule has 2 saturated heterocycles. The van der Waals surface area contributed by atoms with E-state index in [-0.39, 0.29) is 12.5 Å². The maximum absolute atomic E-state index is 12.1. The van der Waals surface area contributed by atoms with E-state index in [1.165, 1.54) is 4.90 Å². The Labute approximate surface area is 106 Å². The third kappa shape index (κ3) is 3.20. The SMILES string of the molecule is O=C(O)C1COCCN1C(=O)CC1CCOCC1. The molecule has 1 unspecified atom stereocenters. The number of aliphatic carboxylic acids is 1. The minimum Gasteiger partial charge on any atom is -0.480 e. The average Bonchev–Trinajstić information content (AvgIpc) is 2.40. The van der Waals surface area contributed by atoms with E-state index in [0.717, 1.165) is 12.8 Å². The molecule has 6 heteroatoms. The fourth-order valence-electron chi connectivity index (χ4n) is 2.42. The number of morpholine rings is 1. The Kier molecular flexibility index (Phi) is 4.54. The predicted octanol–water partition coefficient (Wildman–Crippen LogP) is 0.115. The van der Waals surface area contributed by atoms with E-state index in [1.54, 1.807) is 0 Å². The fourth-order valence-corrected chi connectivity index (χ4v) is 2.42. The third-order valence-electron chi connectivity index (χ3n) is 3.54. The first-order valence-corrected chi connectivity index (χ1v) is 6.36. The summed E-state index contributed by atoms with van der Waals surface area (Å²) in [5, 5.41) is 9.07. The van der Waals surface area contributed by atoms with Gasteiger partial charge < -0.3 is 19.5 Å². The number of hydrogen-bond donors (Lipinski definition) is 1. The van der Waals surface area contributed by atoms with Gasteiger partial charge in [0.2, 0.25) is 5.91 Å². The lowest BCUT2D eigenvalue weighted by Gasteiger charge is -2.34. The van der Waals surface area contributed by atoms with Crippen molar-refractivity contribution in [1.29, 1.82) is 0 Å². The van der Waals surface area contributed by atoms with Crippen LogP contribution in [-0.4, -0.2) is 60.9 Å². The highest BCUT2D eigenvalue weighted by molar-refractivity contribution is 5.84. The summed E-state index contributed by atoms with van der Waals surface area (Å²) in [6.07, 6.45) is 2.19. The van der Waals surface area contributed by atoms with Gasteiger partial charge in [-0.05, 0) is 18.8 Å². The summed E-state index contributed by atoms with van der Waals surface area (Å²) in [6.45, 7) is 2.28. The predicted molar refractivity (Wildman–Crippen MR) is 62.1 cm³/mol. The minimum atomic E-state index is -0.991. The van der Waals surface area contributed by atoms with E-state index in [4.69, 9.17) is 14.6 Å². The van der Waals surface area contributed by atoms with Crippen LogP contribution in [0, 0.1) is 5.92 Å². The number of rotatable bonds is 3.